The van der Waals surface area contributed by atoms with Crippen molar-refractivity contribution in [2.75, 3.05) is 0 Å². The van der Waals surface area contributed by atoms with Crippen LogP contribution in [0.4, 0.5) is 8.78 Å². The normalized spacial score (nSPS) is 14.0. The molecular weight excluding hydrogens is 372 g/mol. The zero-order valence-corrected chi connectivity index (χ0v) is 13.4. The average molecular weight is 384 g/mol. The van der Waals surface area contributed by atoms with E-state index in [1.54, 1.807) is 6.07 Å². The van der Waals surface area contributed by atoms with Crippen LogP contribution in [0.25, 0.3) is 0 Å². The van der Waals surface area contributed by atoms with Crippen molar-refractivity contribution in [2.24, 2.45) is 0 Å². The molecule has 120 valence electrons. The topological polar surface area (TPSA) is 59.3 Å². The maximum Gasteiger partial charge on any atom is 0.337 e. The molecule has 1 heterocycles. The molecule has 0 amide bonds. The van der Waals surface area contributed by atoms with Crippen LogP contribution in [0, 0.1) is 11.6 Å². The Morgan fingerprint density at radius 3 is 2.61 bits per heavy atom. The molecule has 2 aromatic rings. The molecule has 0 unspecified atom stereocenters. The number of pyridine rings is 1. The number of nitrogens with zero attached hydrogens (tertiary/aromatic N) is 1. The number of carbonyl (C=O) groups is 1. The molecule has 0 bridgehead atoms. The van der Waals surface area contributed by atoms with Crippen molar-refractivity contribution in [3.05, 3.63) is 67.5 Å². The first-order valence-corrected chi connectivity index (χ1v) is 7.78. The fourth-order valence-electron chi connectivity index (χ4n) is 2.47. The Morgan fingerprint density at radius 1 is 1.35 bits per heavy atom. The number of hydrogen-bond donors (Lipinski definition) is 1. The van der Waals surface area contributed by atoms with Gasteiger partial charge in [0, 0.05) is 28.7 Å². The first-order valence-electron chi connectivity index (χ1n) is 6.99. The number of hydrogen-bond acceptors (Lipinski definition) is 2. The van der Waals surface area contributed by atoms with Crippen LogP contribution in [0.2, 0.25) is 0 Å². The number of carboxylic acid groups (broad SMARTS) is 1. The molecule has 4 nitrogen and oxygen atoms in total. The van der Waals surface area contributed by atoms with Gasteiger partial charge in [0.1, 0.15) is 5.82 Å². The first-order chi connectivity index (χ1) is 10.9. The Kier molecular flexibility index (Phi) is 4.06. The van der Waals surface area contributed by atoms with Gasteiger partial charge in [-0.25, -0.2) is 13.6 Å². The summed E-state index contributed by atoms with van der Waals surface area (Å²) in [6.45, 7) is 0. The van der Waals surface area contributed by atoms with Gasteiger partial charge in [0.2, 0.25) is 0 Å². The fourth-order valence-corrected chi connectivity index (χ4v) is 2.81. The Morgan fingerprint density at radius 2 is 2.04 bits per heavy atom. The average Bonchev–Trinajstić information content (AvgIpc) is 3.31. The van der Waals surface area contributed by atoms with E-state index < -0.39 is 23.2 Å². The molecule has 0 spiro atoms. The molecule has 1 aromatic heterocycles. The van der Waals surface area contributed by atoms with Crippen molar-refractivity contribution in [3.63, 3.8) is 0 Å². The Labute approximate surface area is 138 Å². The molecule has 0 aliphatic heterocycles. The molecular formula is C16H12BrF2NO3. The van der Waals surface area contributed by atoms with Crippen LogP contribution in [0.5, 0.6) is 0 Å². The van der Waals surface area contributed by atoms with Gasteiger partial charge in [-0.2, -0.15) is 0 Å². The number of aromatic carboxylic acids is 1. The van der Waals surface area contributed by atoms with Crippen LogP contribution in [-0.2, 0) is 6.42 Å². The van der Waals surface area contributed by atoms with Gasteiger partial charge in [-0.05, 0) is 30.5 Å². The molecule has 3 rings (SSSR count). The van der Waals surface area contributed by atoms with E-state index >= 15 is 0 Å². The smallest absolute Gasteiger partial charge is 0.337 e. The molecule has 1 fully saturated rings. The van der Waals surface area contributed by atoms with E-state index in [-0.39, 0.29) is 29.2 Å². The van der Waals surface area contributed by atoms with E-state index in [1.807, 2.05) is 0 Å². The summed E-state index contributed by atoms with van der Waals surface area (Å²) >= 11 is 3.12. The second-order valence-corrected chi connectivity index (χ2v) is 6.41. The van der Waals surface area contributed by atoms with Crippen molar-refractivity contribution in [2.45, 2.75) is 25.3 Å². The van der Waals surface area contributed by atoms with Crippen LogP contribution in [0.3, 0.4) is 0 Å². The quantitative estimate of drug-likeness (QED) is 0.878. The second-order valence-electron chi connectivity index (χ2n) is 5.50. The highest BCUT2D eigenvalue weighted by molar-refractivity contribution is 9.10. The maximum atomic E-state index is 14.4. The molecule has 7 heteroatoms. The highest BCUT2D eigenvalue weighted by atomic mass is 79.9. The van der Waals surface area contributed by atoms with Gasteiger partial charge in [-0.15, -0.1) is 0 Å². The standard InChI is InChI=1S/C16H12BrF2NO3/c17-9-2-1-8(13(18)6-9)5-11-12(16(22)23)7-20(10-3-4-10)15(21)14(11)19/h1-2,6-7,10H,3-5H2,(H,22,23). The van der Waals surface area contributed by atoms with E-state index in [2.05, 4.69) is 15.9 Å². The number of aromatic nitrogens is 1. The predicted molar refractivity (Wildman–Crippen MR) is 82.8 cm³/mol. The first kappa shape index (κ1) is 15.9. The van der Waals surface area contributed by atoms with Gasteiger partial charge in [-0.1, -0.05) is 22.0 Å². The van der Waals surface area contributed by atoms with Crippen molar-refractivity contribution in [1.82, 2.24) is 4.57 Å². The van der Waals surface area contributed by atoms with Crippen LogP contribution >= 0.6 is 15.9 Å². The van der Waals surface area contributed by atoms with E-state index in [0.717, 1.165) is 23.6 Å². The van der Waals surface area contributed by atoms with Crippen LogP contribution in [-0.4, -0.2) is 15.6 Å². The summed E-state index contributed by atoms with van der Waals surface area (Å²) < 4.78 is 30.0. The number of halogens is 3. The number of carboxylic acids is 1. The minimum absolute atomic E-state index is 0.123. The Hall–Kier alpha value is -2.02. The largest absolute Gasteiger partial charge is 0.478 e. The lowest BCUT2D eigenvalue weighted by molar-refractivity contribution is 0.0694. The highest BCUT2D eigenvalue weighted by Gasteiger charge is 2.29. The van der Waals surface area contributed by atoms with Crippen LogP contribution in [0.1, 0.15) is 40.4 Å². The van der Waals surface area contributed by atoms with E-state index in [1.165, 1.54) is 12.1 Å². The van der Waals surface area contributed by atoms with Gasteiger partial charge in [0.15, 0.2) is 5.82 Å². The monoisotopic (exact) mass is 383 g/mol. The van der Waals surface area contributed by atoms with E-state index in [4.69, 9.17) is 0 Å². The predicted octanol–water partition coefficient (Wildman–Crippen LogP) is 3.51. The summed E-state index contributed by atoms with van der Waals surface area (Å²) in [4.78, 5) is 23.5. The minimum Gasteiger partial charge on any atom is -0.478 e. The SMILES string of the molecule is O=C(O)c1cn(C2CC2)c(=O)c(F)c1Cc1ccc(Br)cc1F. The summed E-state index contributed by atoms with van der Waals surface area (Å²) in [5.74, 6) is -3.06. The van der Waals surface area contributed by atoms with Gasteiger partial charge in [-0.3, -0.25) is 4.79 Å². The molecule has 0 atom stereocenters. The minimum atomic E-state index is -1.34. The zero-order valence-electron chi connectivity index (χ0n) is 11.9. The van der Waals surface area contributed by atoms with Crippen molar-refractivity contribution in [3.8, 4) is 0 Å². The highest BCUT2D eigenvalue weighted by Crippen LogP contribution is 2.34. The fraction of sp³-hybridized carbons (Fsp3) is 0.250. The lowest BCUT2D eigenvalue weighted by Crippen LogP contribution is -2.26. The Balaban J connectivity index is 2.12. The molecule has 1 aromatic carbocycles. The molecule has 23 heavy (non-hydrogen) atoms. The lowest BCUT2D eigenvalue weighted by atomic mass is 10.0. The second kappa shape index (κ2) is 5.88. The summed E-state index contributed by atoms with van der Waals surface area (Å²) in [6.07, 6.45) is 2.31. The summed E-state index contributed by atoms with van der Waals surface area (Å²) in [5, 5.41) is 9.32. The molecule has 1 aliphatic rings. The van der Waals surface area contributed by atoms with Crippen LogP contribution in [0.15, 0.2) is 33.7 Å². The van der Waals surface area contributed by atoms with Gasteiger partial charge in [0.25, 0.3) is 5.56 Å². The third kappa shape index (κ3) is 3.06. The number of benzene rings is 1. The third-order valence-corrected chi connectivity index (χ3v) is 4.33. The number of rotatable bonds is 4. The summed E-state index contributed by atoms with van der Waals surface area (Å²) in [7, 11) is 0. The molecule has 1 N–H and O–H groups in total. The van der Waals surface area contributed by atoms with Gasteiger partial charge >= 0.3 is 5.97 Å². The summed E-state index contributed by atoms with van der Waals surface area (Å²) in [6, 6.07) is 4.06. The van der Waals surface area contributed by atoms with Gasteiger partial charge < -0.3 is 9.67 Å². The molecule has 0 saturated heterocycles. The molecule has 0 radical (unpaired) electrons. The van der Waals surface area contributed by atoms with Gasteiger partial charge in [0.05, 0.1) is 5.56 Å². The van der Waals surface area contributed by atoms with Crippen molar-refractivity contribution in [1.29, 1.82) is 0 Å². The Bertz CT molecular complexity index is 859. The summed E-state index contributed by atoms with van der Waals surface area (Å²) in [5.41, 5.74) is -1.33. The van der Waals surface area contributed by atoms with Crippen LogP contribution < -0.4 is 5.56 Å². The van der Waals surface area contributed by atoms with E-state index in [0.29, 0.717) is 4.47 Å². The van der Waals surface area contributed by atoms with Crippen molar-refractivity contribution < 1.29 is 18.7 Å². The lowest BCUT2D eigenvalue weighted by Gasteiger charge is -2.12. The molecule has 1 aliphatic carbocycles. The zero-order chi connectivity index (χ0) is 16.7. The third-order valence-electron chi connectivity index (χ3n) is 3.83. The van der Waals surface area contributed by atoms with Crippen molar-refractivity contribution >= 4 is 21.9 Å². The van der Waals surface area contributed by atoms with E-state index in [9.17, 15) is 23.5 Å². The maximum absolute atomic E-state index is 14.4. The molecule has 1 saturated carbocycles.